The van der Waals surface area contributed by atoms with Gasteiger partial charge in [0.25, 0.3) is 0 Å². The summed E-state index contributed by atoms with van der Waals surface area (Å²) in [5.74, 6) is 0.285. The van der Waals surface area contributed by atoms with Crippen LogP contribution in [0.1, 0.15) is 21.6 Å². The maximum absolute atomic E-state index is 12.1. The zero-order chi connectivity index (χ0) is 14.5. The van der Waals surface area contributed by atoms with Gasteiger partial charge in [0, 0.05) is 11.8 Å². The smallest absolute Gasteiger partial charge is 0.222 e. The van der Waals surface area contributed by atoms with Gasteiger partial charge < -0.3 is 4.74 Å². The van der Waals surface area contributed by atoms with Gasteiger partial charge in [-0.1, -0.05) is 0 Å². The molecular weight excluding hydrogens is 278 g/mol. The van der Waals surface area contributed by atoms with Crippen molar-refractivity contribution >= 4 is 17.4 Å². The molecule has 0 fully saturated rings. The maximum atomic E-state index is 12.1. The summed E-state index contributed by atoms with van der Waals surface area (Å²) in [6, 6.07) is 8.33. The predicted molar refractivity (Wildman–Crippen MR) is 72.8 cm³/mol. The van der Waals surface area contributed by atoms with E-state index in [0.29, 0.717) is 22.6 Å². The Morgan fingerprint density at radius 2 is 2.25 bits per heavy atom. The van der Waals surface area contributed by atoms with Crippen molar-refractivity contribution in [3.8, 4) is 11.8 Å². The fraction of sp³-hybridized carbons (Fsp3) is 0.143. The quantitative estimate of drug-likeness (QED) is 0.637. The van der Waals surface area contributed by atoms with E-state index in [0.717, 1.165) is 0 Å². The van der Waals surface area contributed by atoms with Crippen LogP contribution >= 0.6 is 11.6 Å². The largest absolute Gasteiger partial charge is 0.495 e. The summed E-state index contributed by atoms with van der Waals surface area (Å²) >= 11 is 5.67. The van der Waals surface area contributed by atoms with Crippen LogP contribution in [-0.4, -0.2) is 22.9 Å². The number of hydrogen-bond acceptors (Lipinski definition) is 5. The van der Waals surface area contributed by atoms with Crippen molar-refractivity contribution < 1.29 is 9.53 Å². The Labute approximate surface area is 120 Å². The van der Waals surface area contributed by atoms with E-state index >= 15 is 0 Å². The third-order valence-corrected chi connectivity index (χ3v) is 2.85. The average molecular weight is 288 g/mol. The normalized spacial score (nSPS) is 9.85. The zero-order valence-electron chi connectivity index (χ0n) is 10.6. The van der Waals surface area contributed by atoms with Gasteiger partial charge in [0.1, 0.15) is 11.8 Å². The lowest BCUT2D eigenvalue weighted by Crippen LogP contribution is -2.06. The second-order valence-corrected chi connectivity index (χ2v) is 4.28. The number of rotatable bonds is 4. The van der Waals surface area contributed by atoms with Crippen molar-refractivity contribution in [2.75, 3.05) is 7.11 Å². The fourth-order valence-corrected chi connectivity index (χ4v) is 1.87. The molecule has 0 spiro atoms. The summed E-state index contributed by atoms with van der Waals surface area (Å²) in [5.41, 5.74) is 1.28. The molecule has 1 heterocycles. The first-order valence-electron chi connectivity index (χ1n) is 5.73. The minimum Gasteiger partial charge on any atom is -0.495 e. The standard InChI is InChI=1S/C14H10ClN3O2/c1-20-13-3-2-9(6-10(13)8-16)12(19)7-11-4-5-17-14(15)18-11/h2-6H,7H2,1H3. The fourth-order valence-electron chi connectivity index (χ4n) is 1.70. The van der Waals surface area contributed by atoms with E-state index in [4.69, 9.17) is 21.6 Å². The number of hydrogen-bond donors (Lipinski definition) is 0. The number of Topliss-reactive ketones (excluding diaryl/α,β-unsaturated/α-hetero) is 1. The van der Waals surface area contributed by atoms with E-state index < -0.39 is 0 Å². The molecule has 100 valence electrons. The van der Waals surface area contributed by atoms with Gasteiger partial charge >= 0.3 is 0 Å². The third kappa shape index (κ3) is 3.11. The van der Waals surface area contributed by atoms with E-state index in [1.165, 1.54) is 19.4 Å². The van der Waals surface area contributed by atoms with Crippen molar-refractivity contribution in [2.24, 2.45) is 0 Å². The molecule has 2 aromatic rings. The highest BCUT2D eigenvalue weighted by Gasteiger charge is 2.12. The van der Waals surface area contributed by atoms with Crippen LogP contribution in [0.4, 0.5) is 0 Å². The first-order valence-corrected chi connectivity index (χ1v) is 6.10. The van der Waals surface area contributed by atoms with Gasteiger partial charge in [-0.2, -0.15) is 5.26 Å². The predicted octanol–water partition coefficient (Wildman–Crippen LogP) is 2.44. The van der Waals surface area contributed by atoms with Crippen molar-refractivity contribution in [3.63, 3.8) is 0 Å². The number of ether oxygens (including phenoxy) is 1. The molecule has 1 aromatic carbocycles. The topological polar surface area (TPSA) is 75.9 Å². The summed E-state index contributed by atoms with van der Waals surface area (Å²) in [5, 5.41) is 9.10. The van der Waals surface area contributed by atoms with E-state index in [1.54, 1.807) is 18.2 Å². The maximum Gasteiger partial charge on any atom is 0.222 e. The number of carbonyl (C=O) groups excluding carboxylic acids is 1. The van der Waals surface area contributed by atoms with Gasteiger partial charge in [-0.25, -0.2) is 9.97 Å². The molecule has 0 radical (unpaired) electrons. The van der Waals surface area contributed by atoms with Gasteiger partial charge in [-0.3, -0.25) is 4.79 Å². The molecule has 2 rings (SSSR count). The number of nitriles is 1. The molecule has 0 saturated carbocycles. The number of halogens is 1. The van der Waals surface area contributed by atoms with Crippen LogP contribution in [0.15, 0.2) is 30.5 Å². The molecule has 0 aliphatic heterocycles. The molecular formula is C14H10ClN3O2. The first kappa shape index (κ1) is 14.0. The lowest BCUT2D eigenvalue weighted by atomic mass is 10.0. The summed E-state index contributed by atoms with van der Waals surface area (Å²) in [6.45, 7) is 0. The highest BCUT2D eigenvalue weighted by Crippen LogP contribution is 2.19. The number of benzene rings is 1. The second-order valence-electron chi connectivity index (χ2n) is 3.94. The van der Waals surface area contributed by atoms with Crippen molar-refractivity contribution in [1.29, 1.82) is 5.26 Å². The molecule has 0 atom stereocenters. The minimum absolute atomic E-state index is 0.0967. The molecule has 0 aliphatic rings. The van der Waals surface area contributed by atoms with E-state index in [2.05, 4.69) is 9.97 Å². The van der Waals surface area contributed by atoms with Crippen LogP contribution < -0.4 is 4.74 Å². The molecule has 0 unspecified atom stereocenters. The van der Waals surface area contributed by atoms with Gasteiger partial charge in [-0.05, 0) is 35.9 Å². The number of carbonyl (C=O) groups is 1. The van der Waals surface area contributed by atoms with Crippen LogP contribution in [0, 0.1) is 11.3 Å². The van der Waals surface area contributed by atoms with Crippen molar-refractivity contribution in [1.82, 2.24) is 9.97 Å². The molecule has 0 N–H and O–H groups in total. The Hall–Kier alpha value is -2.45. The Balaban J connectivity index is 2.24. The molecule has 1 aromatic heterocycles. The van der Waals surface area contributed by atoms with Crippen molar-refractivity contribution in [3.05, 3.63) is 52.6 Å². The van der Waals surface area contributed by atoms with E-state index in [9.17, 15) is 4.79 Å². The van der Waals surface area contributed by atoms with Crippen LogP contribution in [0.3, 0.4) is 0 Å². The third-order valence-electron chi connectivity index (χ3n) is 2.67. The highest BCUT2D eigenvalue weighted by atomic mass is 35.5. The van der Waals surface area contributed by atoms with Crippen LogP contribution in [0.5, 0.6) is 5.75 Å². The monoisotopic (exact) mass is 287 g/mol. The van der Waals surface area contributed by atoms with Gasteiger partial charge in [0.2, 0.25) is 5.28 Å². The summed E-state index contributed by atoms with van der Waals surface area (Å²) < 4.78 is 5.03. The Morgan fingerprint density at radius 1 is 1.45 bits per heavy atom. The first-order chi connectivity index (χ1) is 9.63. The number of methoxy groups -OCH3 is 1. The number of ketones is 1. The van der Waals surface area contributed by atoms with Crippen molar-refractivity contribution in [2.45, 2.75) is 6.42 Å². The SMILES string of the molecule is COc1ccc(C(=O)Cc2ccnc(Cl)n2)cc1C#N. The van der Waals surface area contributed by atoms with Gasteiger partial charge in [-0.15, -0.1) is 0 Å². The van der Waals surface area contributed by atoms with Crippen LogP contribution in [0.25, 0.3) is 0 Å². The summed E-state index contributed by atoms with van der Waals surface area (Å²) in [4.78, 5) is 19.9. The molecule has 0 amide bonds. The van der Waals surface area contributed by atoms with Gasteiger partial charge in [0.15, 0.2) is 5.78 Å². The molecule has 20 heavy (non-hydrogen) atoms. The molecule has 5 nitrogen and oxygen atoms in total. The summed E-state index contributed by atoms with van der Waals surface area (Å²) in [7, 11) is 1.47. The number of aromatic nitrogens is 2. The second kappa shape index (κ2) is 6.13. The van der Waals surface area contributed by atoms with Crippen LogP contribution in [-0.2, 0) is 6.42 Å². The van der Waals surface area contributed by atoms with Crippen LogP contribution in [0.2, 0.25) is 5.28 Å². The van der Waals surface area contributed by atoms with E-state index in [1.807, 2.05) is 6.07 Å². The molecule has 0 aliphatic carbocycles. The van der Waals surface area contributed by atoms with E-state index in [-0.39, 0.29) is 17.5 Å². The molecule has 6 heteroatoms. The highest BCUT2D eigenvalue weighted by molar-refractivity contribution is 6.28. The average Bonchev–Trinajstić information content (AvgIpc) is 2.46. The lowest BCUT2D eigenvalue weighted by Gasteiger charge is -2.05. The lowest BCUT2D eigenvalue weighted by molar-refractivity contribution is 0.0992. The minimum atomic E-state index is -0.154. The Morgan fingerprint density at radius 3 is 2.90 bits per heavy atom. The summed E-state index contributed by atoms with van der Waals surface area (Å²) in [6.07, 6.45) is 1.59. The number of nitrogens with zero attached hydrogens (tertiary/aromatic N) is 3. The molecule has 0 bridgehead atoms. The zero-order valence-corrected chi connectivity index (χ0v) is 11.4. The molecule has 0 saturated heterocycles. The Kier molecular flexibility index (Phi) is 4.28. The van der Waals surface area contributed by atoms with Gasteiger partial charge in [0.05, 0.1) is 24.8 Å². The Bertz CT molecular complexity index is 695.